The summed E-state index contributed by atoms with van der Waals surface area (Å²) in [5, 5.41) is 11.5. The first-order valence-electron chi connectivity index (χ1n) is 9.97. The highest BCUT2D eigenvalue weighted by atomic mass is 32.2. The van der Waals surface area contributed by atoms with Crippen molar-refractivity contribution in [2.24, 2.45) is 0 Å². The Balaban J connectivity index is 1.34. The number of aromatic nitrogens is 3. The zero-order valence-electron chi connectivity index (χ0n) is 17.2. The van der Waals surface area contributed by atoms with Gasteiger partial charge in [-0.3, -0.25) is 9.36 Å². The van der Waals surface area contributed by atoms with Crippen LogP contribution in [-0.4, -0.2) is 32.7 Å². The Morgan fingerprint density at radius 2 is 1.71 bits per heavy atom. The van der Waals surface area contributed by atoms with E-state index in [9.17, 15) is 18.0 Å². The highest BCUT2D eigenvalue weighted by molar-refractivity contribution is 7.99. The molecule has 11 heteroatoms. The number of nitrogens with zero attached hydrogens (tertiary/aromatic N) is 3. The number of hydrogen-bond acceptors (Lipinski definition) is 6. The molecule has 0 spiro atoms. The summed E-state index contributed by atoms with van der Waals surface area (Å²) in [5.74, 6) is -0.566. The first kappa shape index (κ1) is 21.8. The monoisotopic (exact) mass is 484 g/mol. The summed E-state index contributed by atoms with van der Waals surface area (Å²) < 4.78 is 50.3. The lowest BCUT2D eigenvalue weighted by atomic mass is 10.2. The van der Waals surface area contributed by atoms with Crippen molar-refractivity contribution in [3.8, 4) is 28.6 Å². The van der Waals surface area contributed by atoms with E-state index < -0.39 is 6.29 Å². The van der Waals surface area contributed by atoms with E-state index in [2.05, 4.69) is 25.0 Å². The van der Waals surface area contributed by atoms with E-state index in [1.165, 1.54) is 30.3 Å². The van der Waals surface area contributed by atoms with Crippen LogP contribution in [0, 0.1) is 5.82 Å². The van der Waals surface area contributed by atoms with Gasteiger partial charge in [0.15, 0.2) is 22.5 Å². The number of fused-ring (bicyclic) bond motifs is 1. The van der Waals surface area contributed by atoms with Gasteiger partial charge in [-0.2, -0.15) is 0 Å². The zero-order chi connectivity index (χ0) is 23.7. The Hall–Kier alpha value is -3.99. The number of carbonyl (C=O) groups excluding carboxylic acids is 1. The molecule has 0 bridgehead atoms. The topological polar surface area (TPSA) is 78.3 Å². The first-order valence-corrected chi connectivity index (χ1v) is 11.0. The van der Waals surface area contributed by atoms with Gasteiger partial charge in [0.25, 0.3) is 0 Å². The van der Waals surface area contributed by atoms with Crippen molar-refractivity contribution in [3.63, 3.8) is 0 Å². The number of anilines is 1. The molecule has 3 aromatic carbocycles. The second-order valence-electron chi connectivity index (χ2n) is 7.15. The van der Waals surface area contributed by atoms with Crippen molar-refractivity contribution in [1.82, 2.24) is 14.8 Å². The molecule has 172 valence electrons. The van der Waals surface area contributed by atoms with E-state index in [0.717, 1.165) is 17.4 Å². The van der Waals surface area contributed by atoms with Gasteiger partial charge in [0.05, 0.1) is 5.75 Å². The third-order valence-electron chi connectivity index (χ3n) is 4.77. The number of alkyl halides is 2. The van der Waals surface area contributed by atoms with Gasteiger partial charge < -0.3 is 14.8 Å². The van der Waals surface area contributed by atoms with E-state index in [1.807, 2.05) is 30.3 Å². The highest BCUT2D eigenvalue weighted by Crippen LogP contribution is 2.42. The van der Waals surface area contributed by atoms with Crippen LogP contribution in [0.4, 0.5) is 18.9 Å². The number of rotatable bonds is 6. The number of carbonyl (C=O) groups is 1. The molecule has 5 rings (SSSR count). The standard InChI is InChI=1S/C23H15F3N4O3S/c24-15-8-6-14(7-9-15)21-28-29-22(30(21)17-4-2-1-3-5-17)34-13-20(31)27-16-10-11-18-19(12-16)33-23(25,26)32-18/h1-12H,13H2,(H,27,31). The summed E-state index contributed by atoms with van der Waals surface area (Å²) >= 11 is 1.14. The normalized spacial score (nSPS) is 13.6. The smallest absolute Gasteiger partial charge is 0.395 e. The van der Waals surface area contributed by atoms with Crippen molar-refractivity contribution >= 4 is 23.4 Å². The first-order chi connectivity index (χ1) is 16.4. The van der Waals surface area contributed by atoms with Crippen LogP contribution in [-0.2, 0) is 4.79 Å². The van der Waals surface area contributed by atoms with Gasteiger partial charge in [-0.15, -0.1) is 19.0 Å². The third-order valence-corrected chi connectivity index (χ3v) is 5.70. The van der Waals surface area contributed by atoms with Crippen molar-refractivity contribution in [1.29, 1.82) is 0 Å². The van der Waals surface area contributed by atoms with Crippen LogP contribution < -0.4 is 14.8 Å². The molecule has 1 aliphatic rings. The molecular weight excluding hydrogens is 469 g/mol. The Labute approximate surface area is 195 Å². The van der Waals surface area contributed by atoms with E-state index >= 15 is 0 Å². The molecule has 0 radical (unpaired) electrons. The van der Waals surface area contributed by atoms with Crippen molar-refractivity contribution in [2.75, 3.05) is 11.1 Å². The van der Waals surface area contributed by atoms with Crippen molar-refractivity contribution in [2.45, 2.75) is 11.5 Å². The largest absolute Gasteiger partial charge is 0.586 e. The Morgan fingerprint density at radius 1 is 0.971 bits per heavy atom. The fourth-order valence-electron chi connectivity index (χ4n) is 3.31. The molecule has 0 saturated heterocycles. The molecule has 0 atom stereocenters. The predicted molar refractivity (Wildman–Crippen MR) is 119 cm³/mol. The summed E-state index contributed by atoms with van der Waals surface area (Å²) in [6.07, 6.45) is -3.73. The van der Waals surface area contributed by atoms with E-state index in [1.54, 1.807) is 16.7 Å². The highest BCUT2D eigenvalue weighted by Gasteiger charge is 2.43. The Morgan fingerprint density at radius 3 is 2.47 bits per heavy atom. The molecule has 0 aliphatic carbocycles. The maximum atomic E-state index is 13.4. The summed E-state index contributed by atoms with van der Waals surface area (Å²) in [7, 11) is 0. The quantitative estimate of drug-likeness (QED) is 0.383. The molecule has 2 heterocycles. The fourth-order valence-corrected chi connectivity index (χ4v) is 4.06. The lowest BCUT2D eigenvalue weighted by Gasteiger charge is -2.10. The fraction of sp³-hybridized carbons (Fsp3) is 0.0870. The number of thioether (sulfide) groups is 1. The van der Waals surface area contributed by atoms with E-state index in [4.69, 9.17) is 0 Å². The molecule has 34 heavy (non-hydrogen) atoms. The molecule has 7 nitrogen and oxygen atoms in total. The maximum absolute atomic E-state index is 13.4. The zero-order valence-corrected chi connectivity index (χ0v) is 18.1. The van der Waals surface area contributed by atoms with Crippen molar-refractivity contribution in [3.05, 3.63) is 78.6 Å². The Kier molecular flexibility index (Phi) is 5.62. The van der Waals surface area contributed by atoms with Crippen LogP contribution >= 0.6 is 11.8 Å². The van der Waals surface area contributed by atoms with Gasteiger partial charge in [0.1, 0.15) is 5.82 Å². The van der Waals surface area contributed by atoms with Gasteiger partial charge in [0.2, 0.25) is 5.91 Å². The van der Waals surface area contributed by atoms with Gasteiger partial charge >= 0.3 is 6.29 Å². The van der Waals surface area contributed by atoms with Gasteiger partial charge in [0, 0.05) is 23.0 Å². The molecule has 1 amide bonds. The Bertz CT molecular complexity index is 1350. The molecule has 1 aromatic heterocycles. The van der Waals surface area contributed by atoms with Crippen molar-refractivity contribution < 1.29 is 27.4 Å². The predicted octanol–water partition coefficient (Wildman–Crippen LogP) is 5.13. The molecular formula is C23H15F3N4O3S. The number of hydrogen-bond donors (Lipinski definition) is 1. The van der Waals surface area contributed by atoms with Crippen LogP contribution in [0.1, 0.15) is 0 Å². The molecule has 0 fully saturated rings. The maximum Gasteiger partial charge on any atom is 0.586 e. The SMILES string of the molecule is O=C(CSc1nnc(-c2ccc(F)cc2)n1-c1ccccc1)Nc1ccc2c(c1)OC(F)(F)O2. The third kappa shape index (κ3) is 4.55. The van der Waals surface area contributed by atoms with Crippen LogP contribution in [0.5, 0.6) is 11.5 Å². The second-order valence-corrected chi connectivity index (χ2v) is 8.09. The number of benzene rings is 3. The van der Waals surface area contributed by atoms with Crippen LogP contribution in [0.3, 0.4) is 0 Å². The minimum atomic E-state index is -3.73. The van der Waals surface area contributed by atoms with Gasteiger partial charge in [-0.05, 0) is 48.5 Å². The van der Waals surface area contributed by atoms with Gasteiger partial charge in [-0.25, -0.2) is 4.39 Å². The number of amides is 1. The number of para-hydroxylation sites is 1. The number of ether oxygens (including phenoxy) is 2. The summed E-state index contributed by atoms with van der Waals surface area (Å²) in [6, 6.07) is 19.2. The van der Waals surface area contributed by atoms with Gasteiger partial charge in [-0.1, -0.05) is 30.0 Å². The summed E-state index contributed by atoms with van der Waals surface area (Å²) in [5.41, 5.74) is 1.71. The average molecular weight is 484 g/mol. The van der Waals surface area contributed by atoms with E-state index in [0.29, 0.717) is 16.5 Å². The summed E-state index contributed by atoms with van der Waals surface area (Å²) in [4.78, 5) is 12.5. The van der Waals surface area contributed by atoms with Crippen LogP contribution in [0.15, 0.2) is 78.0 Å². The minimum absolute atomic E-state index is 0.0288. The second kappa shape index (κ2) is 8.75. The van der Waals surface area contributed by atoms with Crippen LogP contribution in [0.25, 0.3) is 17.1 Å². The lowest BCUT2D eigenvalue weighted by molar-refractivity contribution is -0.286. The molecule has 0 unspecified atom stereocenters. The molecule has 0 saturated carbocycles. The number of nitrogens with one attached hydrogen (secondary N) is 1. The van der Waals surface area contributed by atoms with Crippen LogP contribution in [0.2, 0.25) is 0 Å². The van der Waals surface area contributed by atoms with E-state index in [-0.39, 0.29) is 34.7 Å². The lowest BCUT2D eigenvalue weighted by Crippen LogP contribution is -2.25. The molecule has 1 N–H and O–H groups in total. The molecule has 4 aromatic rings. The summed E-state index contributed by atoms with van der Waals surface area (Å²) in [6.45, 7) is 0. The minimum Gasteiger partial charge on any atom is -0.395 e. The number of halogens is 3. The average Bonchev–Trinajstić information content (AvgIpc) is 3.37. The molecule has 1 aliphatic heterocycles.